The van der Waals surface area contributed by atoms with Crippen LogP contribution < -0.4 is 0 Å². The van der Waals surface area contributed by atoms with E-state index in [1.54, 1.807) is 0 Å². The summed E-state index contributed by atoms with van der Waals surface area (Å²) in [6.07, 6.45) is 3.45. The first-order valence-electron chi connectivity index (χ1n) is 5.96. The van der Waals surface area contributed by atoms with E-state index in [4.69, 9.17) is 0 Å². The molecule has 0 radical (unpaired) electrons. The van der Waals surface area contributed by atoms with Crippen molar-refractivity contribution in [2.24, 2.45) is 5.41 Å². The van der Waals surface area contributed by atoms with Crippen LogP contribution in [-0.4, -0.2) is 12.0 Å². The maximum Gasteiger partial charge on any atom is -0.00521 e. The third-order valence-corrected chi connectivity index (χ3v) is 4.73. The summed E-state index contributed by atoms with van der Waals surface area (Å²) in [6.45, 7) is 9.50. The minimum atomic E-state index is 0.226. The summed E-state index contributed by atoms with van der Waals surface area (Å²) < 4.78 is 0. The van der Waals surface area contributed by atoms with Crippen LogP contribution >= 0.6 is 11.8 Å². The molecular weight excluding hydrogens is 212 g/mol. The van der Waals surface area contributed by atoms with Gasteiger partial charge in [-0.15, -0.1) is 0 Å². The summed E-state index contributed by atoms with van der Waals surface area (Å²) in [6, 6.07) is 10.9. The van der Waals surface area contributed by atoms with Crippen molar-refractivity contribution in [3.63, 3.8) is 0 Å². The van der Waals surface area contributed by atoms with Crippen molar-refractivity contribution in [2.75, 3.05) is 12.0 Å². The predicted molar refractivity (Wildman–Crippen MR) is 76.2 cm³/mol. The zero-order valence-electron chi connectivity index (χ0n) is 11.2. The first-order valence-corrected chi connectivity index (χ1v) is 7.36. The smallest absolute Gasteiger partial charge is 0.00521 e. The van der Waals surface area contributed by atoms with Crippen LogP contribution in [0.4, 0.5) is 0 Å². The quantitative estimate of drug-likeness (QED) is 0.711. The standard InChI is InChI=1S/C15H24S/c1-14(2,11-12-16-5)15(3,4)13-9-7-6-8-10-13/h6-10H,11-12H2,1-5H3. The fraction of sp³-hybridized carbons (Fsp3) is 0.600. The lowest BCUT2D eigenvalue weighted by Gasteiger charge is -2.42. The van der Waals surface area contributed by atoms with Crippen molar-refractivity contribution >= 4 is 11.8 Å². The largest absolute Gasteiger partial charge is 0.165 e. The number of rotatable bonds is 5. The number of hydrogen-bond donors (Lipinski definition) is 0. The molecule has 0 N–H and O–H groups in total. The molecule has 1 aromatic carbocycles. The van der Waals surface area contributed by atoms with Crippen molar-refractivity contribution < 1.29 is 0 Å². The molecule has 0 heterocycles. The normalized spacial score (nSPS) is 12.8. The van der Waals surface area contributed by atoms with Gasteiger partial charge in [0.05, 0.1) is 0 Å². The molecular formula is C15H24S. The predicted octanol–water partition coefficient (Wildman–Crippen LogP) is 4.74. The summed E-state index contributed by atoms with van der Waals surface area (Å²) in [7, 11) is 0. The van der Waals surface area contributed by atoms with E-state index in [0.717, 1.165) is 0 Å². The van der Waals surface area contributed by atoms with Gasteiger partial charge in [-0.25, -0.2) is 0 Å². The summed E-state index contributed by atoms with van der Waals surface area (Å²) in [5.74, 6) is 1.24. The Morgan fingerprint density at radius 2 is 1.56 bits per heavy atom. The second-order valence-electron chi connectivity index (χ2n) is 5.62. The molecule has 1 aromatic rings. The molecule has 0 saturated carbocycles. The molecule has 0 nitrogen and oxygen atoms in total. The van der Waals surface area contributed by atoms with E-state index < -0.39 is 0 Å². The topological polar surface area (TPSA) is 0 Å². The van der Waals surface area contributed by atoms with E-state index in [-0.39, 0.29) is 5.41 Å². The highest BCUT2D eigenvalue weighted by atomic mass is 32.2. The van der Waals surface area contributed by atoms with Gasteiger partial charge in [0.25, 0.3) is 0 Å². The van der Waals surface area contributed by atoms with Crippen LogP contribution in [0.3, 0.4) is 0 Å². The minimum Gasteiger partial charge on any atom is -0.165 e. The molecule has 0 fully saturated rings. The molecule has 1 heteroatoms. The molecule has 0 amide bonds. The third kappa shape index (κ3) is 2.82. The van der Waals surface area contributed by atoms with E-state index in [2.05, 4.69) is 64.3 Å². The van der Waals surface area contributed by atoms with Crippen LogP contribution in [0.5, 0.6) is 0 Å². The van der Waals surface area contributed by atoms with Gasteiger partial charge in [-0.2, -0.15) is 11.8 Å². The Morgan fingerprint density at radius 3 is 2.06 bits per heavy atom. The molecule has 0 saturated heterocycles. The Morgan fingerprint density at radius 1 is 1.00 bits per heavy atom. The molecule has 16 heavy (non-hydrogen) atoms. The van der Waals surface area contributed by atoms with Crippen molar-refractivity contribution in [3.8, 4) is 0 Å². The summed E-state index contributed by atoms with van der Waals surface area (Å²) in [5, 5.41) is 0. The fourth-order valence-electron chi connectivity index (χ4n) is 1.92. The first kappa shape index (κ1) is 13.6. The zero-order valence-corrected chi connectivity index (χ0v) is 12.0. The molecule has 1 rings (SSSR count). The number of hydrogen-bond acceptors (Lipinski definition) is 1. The van der Waals surface area contributed by atoms with Gasteiger partial charge >= 0.3 is 0 Å². The highest BCUT2D eigenvalue weighted by Crippen LogP contribution is 2.44. The van der Waals surface area contributed by atoms with E-state index in [1.165, 1.54) is 17.7 Å². The highest BCUT2D eigenvalue weighted by molar-refractivity contribution is 7.98. The van der Waals surface area contributed by atoms with Crippen molar-refractivity contribution in [2.45, 2.75) is 39.5 Å². The highest BCUT2D eigenvalue weighted by Gasteiger charge is 2.37. The molecule has 0 unspecified atom stereocenters. The Labute approximate surface area is 105 Å². The third-order valence-electron chi connectivity index (χ3n) is 4.12. The van der Waals surface area contributed by atoms with Gasteiger partial charge in [-0.05, 0) is 34.8 Å². The van der Waals surface area contributed by atoms with E-state index in [9.17, 15) is 0 Å². The maximum absolute atomic E-state index is 2.39. The minimum absolute atomic E-state index is 0.226. The lowest BCUT2D eigenvalue weighted by molar-refractivity contribution is 0.191. The van der Waals surface area contributed by atoms with Gasteiger partial charge in [0.15, 0.2) is 0 Å². The molecule has 0 aliphatic carbocycles. The Balaban J connectivity index is 2.92. The van der Waals surface area contributed by atoms with E-state index >= 15 is 0 Å². The first-order chi connectivity index (χ1) is 7.42. The molecule has 90 valence electrons. The number of benzene rings is 1. The van der Waals surface area contributed by atoms with Gasteiger partial charge in [0, 0.05) is 0 Å². The summed E-state index contributed by atoms with van der Waals surface area (Å²) >= 11 is 1.94. The fourth-order valence-corrected chi connectivity index (χ4v) is 2.63. The molecule has 0 bridgehead atoms. The molecule has 0 aromatic heterocycles. The average molecular weight is 236 g/mol. The van der Waals surface area contributed by atoms with Crippen molar-refractivity contribution in [1.29, 1.82) is 0 Å². The van der Waals surface area contributed by atoms with Crippen LogP contribution in [-0.2, 0) is 5.41 Å². The Kier molecular flexibility index (Phi) is 4.49. The second-order valence-corrected chi connectivity index (χ2v) is 6.60. The lowest BCUT2D eigenvalue weighted by atomic mass is 9.63. The molecule has 0 aliphatic heterocycles. The van der Waals surface area contributed by atoms with Gasteiger partial charge in [-0.1, -0.05) is 58.0 Å². The molecule has 0 spiro atoms. The van der Waals surface area contributed by atoms with Gasteiger partial charge < -0.3 is 0 Å². The van der Waals surface area contributed by atoms with Gasteiger partial charge in [-0.3, -0.25) is 0 Å². The van der Waals surface area contributed by atoms with Crippen LogP contribution in [0.15, 0.2) is 30.3 Å². The average Bonchev–Trinajstić information content (AvgIpc) is 2.27. The van der Waals surface area contributed by atoms with Gasteiger partial charge in [0.1, 0.15) is 0 Å². The van der Waals surface area contributed by atoms with Crippen LogP contribution in [0.2, 0.25) is 0 Å². The van der Waals surface area contributed by atoms with E-state index in [1.807, 2.05) is 11.8 Å². The molecule has 0 aliphatic rings. The SMILES string of the molecule is CSCCC(C)(C)C(C)(C)c1ccccc1. The lowest BCUT2D eigenvalue weighted by Crippen LogP contribution is -2.37. The van der Waals surface area contributed by atoms with Crippen LogP contribution in [0.1, 0.15) is 39.7 Å². The van der Waals surface area contributed by atoms with Crippen molar-refractivity contribution in [1.82, 2.24) is 0 Å². The Hall–Kier alpha value is -0.430. The van der Waals surface area contributed by atoms with Crippen LogP contribution in [0.25, 0.3) is 0 Å². The van der Waals surface area contributed by atoms with Gasteiger partial charge in [0.2, 0.25) is 0 Å². The van der Waals surface area contributed by atoms with Crippen LogP contribution in [0, 0.1) is 5.41 Å². The zero-order chi connectivity index (χ0) is 12.2. The monoisotopic (exact) mass is 236 g/mol. The van der Waals surface area contributed by atoms with Crippen molar-refractivity contribution in [3.05, 3.63) is 35.9 Å². The maximum atomic E-state index is 2.39. The Bertz CT molecular complexity index is 311. The summed E-state index contributed by atoms with van der Waals surface area (Å²) in [4.78, 5) is 0. The molecule has 0 atom stereocenters. The number of thioether (sulfide) groups is 1. The van der Waals surface area contributed by atoms with E-state index in [0.29, 0.717) is 5.41 Å². The summed E-state index contributed by atoms with van der Waals surface area (Å²) in [5.41, 5.74) is 2.00. The second kappa shape index (κ2) is 5.27.